The summed E-state index contributed by atoms with van der Waals surface area (Å²) in [5.74, 6) is 0. The van der Waals surface area contributed by atoms with Crippen molar-refractivity contribution >= 4 is 17.4 Å². The van der Waals surface area contributed by atoms with E-state index in [0.29, 0.717) is 25.1 Å². The molecule has 0 spiro atoms. The van der Waals surface area contributed by atoms with Crippen LogP contribution in [0.15, 0.2) is 24.3 Å². The van der Waals surface area contributed by atoms with E-state index in [1.165, 1.54) is 24.3 Å². The smallest absolute Gasteiger partial charge is 0.319 e. The first kappa shape index (κ1) is 14.9. The number of carbonyl (C=O) groups excluding carboxylic acids is 1. The third-order valence-electron chi connectivity index (χ3n) is 2.42. The number of nitro groups is 1. The number of nitrogens with one attached hydrogen (secondary N) is 2. The molecule has 1 rings (SSSR count). The van der Waals surface area contributed by atoms with Crippen molar-refractivity contribution in [1.29, 1.82) is 0 Å². The van der Waals surface area contributed by atoms with Gasteiger partial charge < -0.3 is 15.7 Å². The molecule has 19 heavy (non-hydrogen) atoms. The van der Waals surface area contributed by atoms with Crippen molar-refractivity contribution in [2.45, 2.75) is 25.9 Å². The number of urea groups is 1. The molecule has 0 heterocycles. The Bertz CT molecular complexity index is 431. The van der Waals surface area contributed by atoms with Crippen molar-refractivity contribution in [3.05, 3.63) is 34.4 Å². The highest BCUT2D eigenvalue weighted by molar-refractivity contribution is 5.89. The second-order valence-electron chi connectivity index (χ2n) is 4.18. The molecule has 0 bridgehead atoms. The summed E-state index contributed by atoms with van der Waals surface area (Å²) in [5.41, 5.74) is 0.460. The molecule has 0 fully saturated rings. The molecular formula is C12H17N3O4. The van der Waals surface area contributed by atoms with Gasteiger partial charge in [-0.25, -0.2) is 4.79 Å². The quantitative estimate of drug-likeness (QED) is 0.415. The Balaban J connectivity index is 2.34. The van der Waals surface area contributed by atoms with Crippen LogP contribution >= 0.6 is 0 Å². The van der Waals surface area contributed by atoms with Gasteiger partial charge in [-0.15, -0.1) is 0 Å². The number of hydrogen-bond donors (Lipinski definition) is 3. The van der Waals surface area contributed by atoms with E-state index in [1.54, 1.807) is 6.92 Å². The molecule has 0 saturated heterocycles. The average Bonchev–Trinajstić information content (AvgIpc) is 2.35. The van der Waals surface area contributed by atoms with E-state index in [1.807, 2.05) is 0 Å². The van der Waals surface area contributed by atoms with Crippen LogP contribution in [-0.2, 0) is 0 Å². The maximum absolute atomic E-state index is 11.5. The lowest BCUT2D eigenvalue weighted by atomic mass is 10.2. The van der Waals surface area contributed by atoms with Gasteiger partial charge in [0.05, 0.1) is 11.0 Å². The summed E-state index contributed by atoms with van der Waals surface area (Å²) in [5, 5.41) is 24.7. The number of benzene rings is 1. The fourth-order valence-electron chi connectivity index (χ4n) is 1.44. The largest absolute Gasteiger partial charge is 0.393 e. The number of non-ortho nitro benzene ring substituents is 1. The van der Waals surface area contributed by atoms with Gasteiger partial charge in [-0.1, -0.05) is 0 Å². The third-order valence-corrected chi connectivity index (χ3v) is 2.42. The lowest BCUT2D eigenvalue weighted by Gasteiger charge is -2.08. The summed E-state index contributed by atoms with van der Waals surface area (Å²) in [4.78, 5) is 21.4. The number of hydrogen-bond acceptors (Lipinski definition) is 4. The molecule has 0 aliphatic rings. The van der Waals surface area contributed by atoms with Crippen molar-refractivity contribution < 1.29 is 14.8 Å². The maximum Gasteiger partial charge on any atom is 0.319 e. The van der Waals surface area contributed by atoms with E-state index >= 15 is 0 Å². The molecular weight excluding hydrogens is 250 g/mol. The van der Waals surface area contributed by atoms with Crippen molar-refractivity contribution in [2.75, 3.05) is 11.9 Å². The van der Waals surface area contributed by atoms with Gasteiger partial charge in [-0.05, 0) is 31.9 Å². The normalized spacial score (nSPS) is 11.7. The molecule has 3 N–H and O–H groups in total. The first-order chi connectivity index (χ1) is 8.99. The number of aliphatic hydroxyl groups excluding tert-OH is 1. The van der Waals surface area contributed by atoms with Gasteiger partial charge in [0, 0.05) is 24.4 Å². The van der Waals surface area contributed by atoms with Crippen LogP contribution in [-0.4, -0.2) is 28.7 Å². The molecule has 0 radical (unpaired) electrons. The second kappa shape index (κ2) is 7.32. The minimum absolute atomic E-state index is 0.0251. The van der Waals surface area contributed by atoms with Gasteiger partial charge in [-0.2, -0.15) is 0 Å². The van der Waals surface area contributed by atoms with Crippen LogP contribution in [0.3, 0.4) is 0 Å². The predicted molar refractivity (Wildman–Crippen MR) is 71.0 cm³/mol. The molecule has 1 unspecified atom stereocenters. The van der Waals surface area contributed by atoms with E-state index in [0.717, 1.165) is 0 Å². The van der Waals surface area contributed by atoms with E-state index in [9.17, 15) is 14.9 Å². The van der Waals surface area contributed by atoms with Crippen LogP contribution < -0.4 is 10.6 Å². The Morgan fingerprint density at radius 3 is 2.58 bits per heavy atom. The van der Waals surface area contributed by atoms with Crippen LogP contribution in [0.4, 0.5) is 16.2 Å². The maximum atomic E-state index is 11.5. The number of carbonyl (C=O) groups is 1. The minimum Gasteiger partial charge on any atom is -0.393 e. The Hall–Kier alpha value is -2.15. The number of nitro benzene ring substituents is 1. The second-order valence-corrected chi connectivity index (χ2v) is 4.18. The molecule has 0 aromatic heterocycles. The molecule has 0 saturated carbocycles. The fourth-order valence-corrected chi connectivity index (χ4v) is 1.44. The summed E-state index contributed by atoms with van der Waals surface area (Å²) in [6, 6.07) is 5.20. The zero-order valence-electron chi connectivity index (χ0n) is 10.6. The Morgan fingerprint density at radius 1 is 1.42 bits per heavy atom. The van der Waals surface area contributed by atoms with Crippen LogP contribution in [0.2, 0.25) is 0 Å². The van der Waals surface area contributed by atoms with Gasteiger partial charge in [0.15, 0.2) is 0 Å². The summed E-state index contributed by atoms with van der Waals surface area (Å²) in [6.07, 6.45) is 0.933. The summed E-state index contributed by atoms with van der Waals surface area (Å²) < 4.78 is 0. The van der Waals surface area contributed by atoms with E-state index in [2.05, 4.69) is 10.6 Å². The number of nitrogens with zero attached hydrogens (tertiary/aromatic N) is 1. The lowest BCUT2D eigenvalue weighted by molar-refractivity contribution is -0.384. The van der Waals surface area contributed by atoms with E-state index < -0.39 is 4.92 Å². The molecule has 7 nitrogen and oxygen atoms in total. The zero-order chi connectivity index (χ0) is 14.3. The molecule has 104 valence electrons. The Morgan fingerprint density at radius 2 is 2.05 bits per heavy atom. The Kier molecular flexibility index (Phi) is 5.74. The molecule has 1 atom stereocenters. The average molecular weight is 267 g/mol. The van der Waals surface area contributed by atoms with Crippen LogP contribution in [0, 0.1) is 10.1 Å². The zero-order valence-corrected chi connectivity index (χ0v) is 10.6. The summed E-state index contributed by atoms with van der Waals surface area (Å²) >= 11 is 0. The van der Waals surface area contributed by atoms with Crippen LogP contribution in [0.25, 0.3) is 0 Å². The molecule has 1 aromatic rings. The third kappa shape index (κ3) is 5.82. The van der Waals surface area contributed by atoms with Crippen molar-refractivity contribution in [2.24, 2.45) is 0 Å². The van der Waals surface area contributed by atoms with Gasteiger partial charge >= 0.3 is 6.03 Å². The van der Waals surface area contributed by atoms with Gasteiger partial charge in [0.25, 0.3) is 5.69 Å². The standard InChI is InChI=1S/C12H17N3O4/c1-9(16)3-2-8-13-12(17)14-10-4-6-11(7-5-10)15(18)19/h4-7,9,16H,2-3,8H2,1H3,(H2,13,14,17). The van der Waals surface area contributed by atoms with Gasteiger partial charge in [-0.3, -0.25) is 10.1 Å². The van der Waals surface area contributed by atoms with Gasteiger partial charge in [0.2, 0.25) is 0 Å². The van der Waals surface area contributed by atoms with E-state index in [4.69, 9.17) is 5.11 Å². The monoisotopic (exact) mass is 267 g/mol. The topological polar surface area (TPSA) is 104 Å². The SMILES string of the molecule is CC(O)CCCNC(=O)Nc1ccc([N+](=O)[O-])cc1. The molecule has 7 heteroatoms. The van der Waals surface area contributed by atoms with Gasteiger partial charge in [0.1, 0.15) is 0 Å². The first-order valence-corrected chi connectivity index (χ1v) is 5.96. The summed E-state index contributed by atoms with van der Waals surface area (Å²) in [6.45, 7) is 2.15. The molecule has 0 aliphatic heterocycles. The van der Waals surface area contributed by atoms with Crippen molar-refractivity contribution in [3.63, 3.8) is 0 Å². The molecule has 1 aromatic carbocycles. The highest BCUT2D eigenvalue weighted by Gasteiger charge is 2.06. The highest BCUT2D eigenvalue weighted by Crippen LogP contribution is 2.15. The number of anilines is 1. The first-order valence-electron chi connectivity index (χ1n) is 5.96. The number of amides is 2. The minimum atomic E-state index is -0.500. The fraction of sp³-hybridized carbons (Fsp3) is 0.417. The highest BCUT2D eigenvalue weighted by atomic mass is 16.6. The van der Waals surface area contributed by atoms with Crippen LogP contribution in [0.5, 0.6) is 0 Å². The van der Waals surface area contributed by atoms with E-state index in [-0.39, 0.29) is 17.8 Å². The summed E-state index contributed by atoms with van der Waals surface area (Å²) in [7, 11) is 0. The predicted octanol–water partition coefficient (Wildman–Crippen LogP) is 1.88. The van der Waals surface area contributed by atoms with Crippen molar-refractivity contribution in [1.82, 2.24) is 5.32 Å². The van der Waals surface area contributed by atoms with Crippen LogP contribution in [0.1, 0.15) is 19.8 Å². The molecule has 0 aliphatic carbocycles. The number of rotatable bonds is 6. The number of aliphatic hydroxyl groups is 1. The Labute approximate surface area is 110 Å². The lowest BCUT2D eigenvalue weighted by Crippen LogP contribution is -2.29. The molecule has 2 amide bonds. The van der Waals surface area contributed by atoms with Crippen molar-refractivity contribution in [3.8, 4) is 0 Å².